The number of hydrogen-bond donors (Lipinski definition) is 2. The number of carboxylic acid groups (broad SMARTS) is 1. The van der Waals surface area contributed by atoms with Crippen LogP contribution in [-0.2, 0) is 29.4 Å². The van der Waals surface area contributed by atoms with E-state index in [1.54, 1.807) is 19.1 Å². The van der Waals surface area contributed by atoms with E-state index in [1.807, 2.05) is 0 Å². The molecule has 49 heavy (non-hydrogen) atoms. The first-order valence-corrected chi connectivity index (χ1v) is 14.7. The van der Waals surface area contributed by atoms with Gasteiger partial charge in [-0.3, -0.25) is 23.9 Å². The molecule has 15 heteroatoms. The Labute approximate surface area is 273 Å². The molecule has 0 aliphatic carbocycles. The summed E-state index contributed by atoms with van der Waals surface area (Å²) < 4.78 is 82.0. The maximum Gasteiger partial charge on any atom is 0.419 e. The predicted molar refractivity (Wildman–Crippen MR) is 165 cm³/mol. The van der Waals surface area contributed by atoms with Gasteiger partial charge >= 0.3 is 17.8 Å². The first-order valence-electron chi connectivity index (χ1n) is 14.7. The lowest BCUT2D eigenvalue weighted by molar-refractivity contribution is -0.140. The van der Waals surface area contributed by atoms with E-state index in [1.165, 1.54) is 43.7 Å². The number of alkyl halides is 3. The van der Waals surface area contributed by atoms with Crippen LogP contribution in [0.5, 0.6) is 5.75 Å². The van der Waals surface area contributed by atoms with E-state index in [-0.39, 0.29) is 39.9 Å². The Morgan fingerprint density at radius 3 is 2.53 bits per heavy atom. The number of nitrogens with zero attached hydrogens (tertiary/aromatic N) is 3. The number of benzene rings is 3. The molecule has 2 aromatic heterocycles. The van der Waals surface area contributed by atoms with Crippen molar-refractivity contribution in [2.75, 3.05) is 0 Å². The van der Waals surface area contributed by atoms with Gasteiger partial charge in [-0.1, -0.05) is 18.2 Å². The summed E-state index contributed by atoms with van der Waals surface area (Å²) in [6, 6.07) is 6.73. The topological polar surface area (TPSA) is 133 Å². The first-order chi connectivity index (χ1) is 23.2. The Bertz CT molecular complexity index is 2300. The van der Waals surface area contributed by atoms with Crippen LogP contribution < -0.4 is 21.3 Å². The molecule has 4 bridgehead atoms. The number of aromatic nitrogens is 3. The fourth-order valence-corrected chi connectivity index (χ4v) is 6.04. The third kappa shape index (κ3) is 5.91. The molecule has 1 amide bonds. The number of ether oxygens (including phenoxy) is 1. The second kappa shape index (κ2) is 12.3. The highest BCUT2D eigenvalue weighted by Gasteiger charge is 2.39. The molecular weight excluding hydrogens is 655 g/mol. The summed E-state index contributed by atoms with van der Waals surface area (Å²) >= 11 is 0. The van der Waals surface area contributed by atoms with Gasteiger partial charge in [0, 0.05) is 29.9 Å². The van der Waals surface area contributed by atoms with E-state index in [4.69, 9.17) is 4.74 Å². The Balaban J connectivity index is 1.69. The minimum atomic E-state index is -5.26. The van der Waals surface area contributed by atoms with Crippen molar-refractivity contribution in [2.45, 2.75) is 38.2 Å². The van der Waals surface area contributed by atoms with Gasteiger partial charge in [0.2, 0.25) is 5.91 Å². The maximum absolute atomic E-state index is 15.9. The van der Waals surface area contributed by atoms with Crippen molar-refractivity contribution in [1.82, 2.24) is 19.4 Å². The molecule has 3 heterocycles. The molecular formula is C34H25F5N4O6. The molecule has 6 rings (SSSR count). The Hall–Kier alpha value is -5.86. The lowest BCUT2D eigenvalue weighted by Gasteiger charge is -2.27. The van der Waals surface area contributed by atoms with Crippen LogP contribution in [0.2, 0.25) is 0 Å². The Kier molecular flexibility index (Phi) is 8.30. The zero-order chi connectivity index (χ0) is 35.4. The summed E-state index contributed by atoms with van der Waals surface area (Å²) in [5.41, 5.74) is -4.58. The number of carbonyl (C=O) groups is 2. The van der Waals surface area contributed by atoms with Crippen LogP contribution >= 0.6 is 0 Å². The normalized spacial score (nSPS) is 16.3. The maximum atomic E-state index is 15.9. The average molecular weight is 681 g/mol. The number of carboxylic acids is 1. The molecule has 0 saturated heterocycles. The molecule has 252 valence electrons. The van der Waals surface area contributed by atoms with E-state index < -0.39 is 76.1 Å². The minimum absolute atomic E-state index is 0.0669. The molecule has 0 spiro atoms. The largest absolute Gasteiger partial charge is 0.488 e. The first kappa shape index (κ1) is 33.1. The summed E-state index contributed by atoms with van der Waals surface area (Å²) in [5.74, 6) is -5.86. The lowest BCUT2D eigenvalue weighted by atomic mass is 9.91. The zero-order valence-electron chi connectivity index (χ0n) is 25.6. The van der Waals surface area contributed by atoms with Gasteiger partial charge < -0.3 is 15.2 Å². The van der Waals surface area contributed by atoms with E-state index >= 15 is 8.78 Å². The highest BCUT2D eigenvalue weighted by Crippen LogP contribution is 2.42. The van der Waals surface area contributed by atoms with Crippen LogP contribution in [0.1, 0.15) is 46.3 Å². The van der Waals surface area contributed by atoms with Gasteiger partial charge in [-0.15, -0.1) is 0 Å². The van der Waals surface area contributed by atoms with Crippen molar-refractivity contribution in [2.24, 2.45) is 7.05 Å². The molecule has 2 unspecified atom stereocenters. The van der Waals surface area contributed by atoms with Gasteiger partial charge in [-0.05, 0) is 60.0 Å². The molecule has 3 aromatic carbocycles. The van der Waals surface area contributed by atoms with Crippen LogP contribution in [0.3, 0.4) is 0 Å². The second-order valence-corrected chi connectivity index (χ2v) is 11.5. The summed E-state index contributed by atoms with van der Waals surface area (Å²) in [6.07, 6.45) is -3.91. The number of aryl methyl sites for hydroxylation is 2. The van der Waals surface area contributed by atoms with Gasteiger partial charge in [-0.2, -0.15) is 13.2 Å². The van der Waals surface area contributed by atoms with Crippen molar-refractivity contribution in [1.29, 1.82) is 0 Å². The minimum Gasteiger partial charge on any atom is -0.488 e. The van der Waals surface area contributed by atoms with E-state index in [0.717, 1.165) is 16.7 Å². The zero-order valence-corrected chi connectivity index (χ0v) is 25.6. The molecule has 0 saturated carbocycles. The molecule has 2 N–H and O–H groups in total. The fraction of sp³-hybridized carbons (Fsp3) is 0.206. The van der Waals surface area contributed by atoms with Gasteiger partial charge in [0.25, 0.3) is 5.56 Å². The smallest absolute Gasteiger partial charge is 0.419 e. The Morgan fingerprint density at radius 1 is 1.06 bits per heavy atom. The summed E-state index contributed by atoms with van der Waals surface area (Å²) in [7, 11) is 1.27. The molecule has 0 fully saturated rings. The highest BCUT2D eigenvalue weighted by atomic mass is 19.4. The number of amides is 1. The summed E-state index contributed by atoms with van der Waals surface area (Å²) in [4.78, 5) is 57.7. The number of carbonyl (C=O) groups excluding carboxylic acids is 1. The van der Waals surface area contributed by atoms with Crippen molar-refractivity contribution in [3.8, 4) is 16.9 Å². The van der Waals surface area contributed by atoms with E-state index in [2.05, 4.69) is 10.3 Å². The number of pyridine rings is 1. The second-order valence-electron chi connectivity index (χ2n) is 11.5. The molecule has 5 aromatic rings. The molecule has 2 atom stereocenters. The standard InChI is InChI=1S/C34H25F5N4O6/c1-16-4-3-5-26-28(16)18-11-21(29(36)22(12-18)34(37,38)39)24(13-27(44)45)41-31(46)30(20-10-17(15-49-26)6-7-23(20)35)43-32(47)19-8-9-40-14-25(19)42(2)33(43)48/h3-12,14,24,30H,13,15H2,1-2H3,(H,41,46)(H,44,45). The van der Waals surface area contributed by atoms with Crippen LogP contribution in [0, 0.1) is 18.6 Å². The summed E-state index contributed by atoms with van der Waals surface area (Å²) in [5, 5.41) is 11.9. The number of fused-ring (bicyclic) bond motifs is 7. The summed E-state index contributed by atoms with van der Waals surface area (Å²) in [6.45, 7) is 1.27. The molecule has 1 aliphatic rings. The quantitative estimate of drug-likeness (QED) is 0.251. The molecule has 0 radical (unpaired) electrons. The van der Waals surface area contributed by atoms with Crippen molar-refractivity contribution in [3.63, 3.8) is 0 Å². The van der Waals surface area contributed by atoms with E-state index in [9.17, 15) is 37.5 Å². The van der Waals surface area contributed by atoms with Gasteiger partial charge in [0.15, 0.2) is 0 Å². The van der Waals surface area contributed by atoms with Gasteiger partial charge in [0.05, 0.1) is 35.1 Å². The van der Waals surface area contributed by atoms with Crippen molar-refractivity contribution < 1.29 is 41.4 Å². The number of aliphatic carboxylic acids is 1. The number of hydrogen-bond acceptors (Lipinski definition) is 6. The fourth-order valence-electron chi connectivity index (χ4n) is 6.04. The van der Waals surface area contributed by atoms with Crippen LogP contribution in [0.15, 0.2) is 76.6 Å². The number of nitrogens with one attached hydrogen (secondary N) is 1. The van der Waals surface area contributed by atoms with Crippen LogP contribution in [0.4, 0.5) is 22.0 Å². The third-order valence-electron chi connectivity index (χ3n) is 8.36. The highest BCUT2D eigenvalue weighted by molar-refractivity contribution is 5.86. The van der Waals surface area contributed by atoms with Gasteiger partial charge in [0.1, 0.15) is 30.0 Å². The van der Waals surface area contributed by atoms with E-state index in [0.29, 0.717) is 16.2 Å². The van der Waals surface area contributed by atoms with Gasteiger partial charge in [-0.25, -0.2) is 18.1 Å². The van der Waals surface area contributed by atoms with Crippen molar-refractivity contribution >= 4 is 22.8 Å². The van der Waals surface area contributed by atoms with Crippen LogP contribution in [-0.4, -0.2) is 31.1 Å². The predicted octanol–water partition coefficient (Wildman–Crippen LogP) is 5.18. The number of halogens is 5. The lowest BCUT2D eigenvalue weighted by Crippen LogP contribution is -2.48. The number of rotatable bonds is 3. The SMILES string of the molecule is Cc1cccc2c1-c1cc(c(F)c(C(F)(F)F)c1)C(CC(=O)O)NC(=O)C(n1c(=O)c3ccncc3n(C)c1=O)c1cc(ccc1F)CO2. The third-order valence-corrected chi connectivity index (χ3v) is 8.36. The molecule has 1 aliphatic heterocycles. The monoisotopic (exact) mass is 680 g/mol. The van der Waals surface area contributed by atoms with Crippen LogP contribution in [0.25, 0.3) is 22.0 Å². The Morgan fingerprint density at radius 2 is 1.82 bits per heavy atom. The van der Waals surface area contributed by atoms with Crippen molar-refractivity contribution in [3.05, 3.63) is 127 Å². The average Bonchev–Trinajstić information content (AvgIpc) is 3.04. The molecule has 10 nitrogen and oxygen atoms in total.